The van der Waals surface area contributed by atoms with E-state index in [0.717, 1.165) is 5.75 Å². The number of fused-ring (bicyclic) bond motifs is 1. The minimum Gasteiger partial charge on any atom is -0.494 e. The summed E-state index contributed by atoms with van der Waals surface area (Å²) in [5.41, 5.74) is 0.563. The second kappa shape index (κ2) is 7.05. The summed E-state index contributed by atoms with van der Waals surface area (Å²) in [6.45, 7) is 3.27. The van der Waals surface area contributed by atoms with Crippen molar-refractivity contribution in [1.82, 2.24) is 5.32 Å². The minimum atomic E-state index is -0.205. The fourth-order valence-electron chi connectivity index (χ4n) is 2.37. The van der Waals surface area contributed by atoms with Gasteiger partial charge in [0.1, 0.15) is 18.5 Å². The molecule has 5 nitrogen and oxygen atoms in total. The quantitative estimate of drug-likeness (QED) is 0.922. The van der Waals surface area contributed by atoms with Gasteiger partial charge in [-0.1, -0.05) is 18.2 Å². The first-order valence-electron chi connectivity index (χ1n) is 7.66. The molecule has 120 valence electrons. The summed E-state index contributed by atoms with van der Waals surface area (Å²) in [4.78, 5) is 12.2. The summed E-state index contributed by atoms with van der Waals surface area (Å²) >= 11 is 0. The lowest BCUT2D eigenvalue weighted by molar-refractivity contribution is 0.0789. The first-order valence-corrected chi connectivity index (χ1v) is 7.66. The standard InChI is InChI=1S/C18H19NO4/c1-2-21-14-7-5-6-13(10-14)18(20)19-11-15-12-22-16-8-3-4-9-17(16)23-15/h3-10,15H,2,11-12H2,1H3,(H,19,20). The van der Waals surface area contributed by atoms with Crippen LogP contribution in [0.3, 0.4) is 0 Å². The number of rotatable bonds is 5. The molecule has 1 unspecified atom stereocenters. The lowest BCUT2D eigenvalue weighted by Gasteiger charge is -2.26. The van der Waals surface area contributed by atoms with E-state index in [2.05, 4.69) is 5.32 Å². The zero-order valence-electron chi connectivity index (χ0n) is 13.0. The van der Waals surface area contributed by atoms with Gasteiger partial charge in [-0.2, -0.15) is 0 Å². The van der Waals surface area contributed by atoms with Gasteiger partial charge in [-0.15, -0.1) is 0 Å². The molecular formula is C18H19NO4. The van der Waals surface area contributed by atoms with E-state index in [1.807, 2.05) is 37.3 Å². The summed E-state index contributed by atoms with van der Waals surface area (Å²) in [7, 11) is 0. The van der Waals surface area contributed by atoms with E-state index in [1.54, 1.807) is 18.2 Å². The highest BCUT2D eigenvalue weighted by molar-refractivity contribution is 5.94. The lowest BCUT2D eigenvalue weighted by atomic mass is 10.2. The van der Waals surface area contributed by atoms with Crippen LogP contribution in [0.4, 0.5) is 0 Å². The average molecular weight is 313 g/mol. The molecule has 1 heterocycles. The Morgan fingerprint density at radius 1 is 1.22 bits per heavy atom. The molecule has 0 saturated carbocycles. The van der Waals surface area contributed by atoms with E-state index in [9.17, 15) is 4.79 Å². The molecule has 0 bridgehead atoms. The van der Waals surface area contributed by atoms with Gasteiger partial charge in [0, 0.05) is 5.56 Å². The molecule has 1 aliphatic heterocycles. The molecule has 23 heavy (non-hydrogen) atoms. The van der Waals surface area contributed by atoms with Gasteiger partial charge in [-0.3, -0.25) is 4.79 Å². The van der Waals surface area contributed by atoms with E-state index in [-0.39, 0.29) is 12.0 Å². The first kappa shape index (κ1) is 15.2. The fraction of sp³-hybridized carbons (Fsp3) is 0.278. The van der Waals surface area contributed by atoms with E-state index >= 15 is 0 Å². The Balaban J connectivity index is 1.56. The van der Waals surface area contributed by atoms with Crippen LogP contribution < -0.4 is 19.5 Å². The van der Waals surface area contributed by atoms with Crippen molar-refractivity contribution in [3.8, 4) is 17.2 Å². The third-order valence-electron chi connectivity index (χ3n) is 3.47. The highest BCUT2D eigenvalue weighted by atomic mass is 16.6. The molecule has 0 spiro atoms. The van der Waals surface area contributed by atoms with E-state index < -0.39 is 0 Å². The molecule has 0 aliphatic carbocycles. The Bertz CT molecular complexity index is 686. The Hall–Kier alpha value is -2.69. The Morgan fingerprint density at radius 3 is 2.87 bits per heavy atom. The van der Waals surface area contributed by atoms with Crippen LogP contribution in [-0.4, -0.2) is 31.8 Å². The molecule has 3 rings (SSSR count). The second-order valence-corrected chi connectivity index (χ2v) is 5.17. The van der Waals surface area contributed by atoms with Gasteiger partial charge in [0.05, 0.1) is 13.2 Å². The third-order valence-corrected chi connectivity index (χ3v) is 3.47. The van der Waals surface area contributed by atoms with Crippen LogP contribution in [0.15, 0.2) is 48.5 Å². The number of nitrogens with one attached hydrogen (secondary N) is 1. The van der Waals surface area contributed by atoms with Crippen molar-refractivity contribution < 1.29 is 19.0 Å². The Labute approximate surface area is 135 Å². The van der Waals surface area contributed by atoms with Crippen molar-refractivity contribution in [1.29, 1.82) is 0 Å². The highest BCUT2D eigenvalue weighted by Gasteiger charge is 2.21. The number of ether oxygens (including phenoxy) is 3. The van der Waals surface area contributed by atoms with Crippen LogP contribution in [0.5, 0.6) is 17.2 Å². The largest absolute Gasteiger partial charge is 0.494 e. The maximum Gasteiger partial charge on any atom is 0.251 e. The van der Waals surface area contributed by atoms with Crippen LogP contribution in [0.1, 0.15) is 17.3 Å². The van der Waals surface area contributed by atoms with Gasteiger partial charge in [0.15, 0.2) is 11.5 Å². The van der Waals surface area contributed by atoms with Crippen LogP contribution >= 0.6 is 0 Å². The zero-order chi connectivity index (χ0) is 16.1. The second-order valence-electron chi connectivity index (χ2n) is 5.17. The number of para-hydroxylation sites is 2. The third kappa shape index (κ3) is 3.74. The van der Waals surface area contributed by atoms with Crippen molar-refractivity contribution in [3.63, 3.8) is 0 Å². The molecule has 2 aromatic carbocycles. The van der Waals surface area contributed by atoms with Crippen molar-refractivity contribution in [3.05, 3.63) is 54.1 Å². The van der Waals surface area contributed by atoms with Crippen molar-refractivity contribution in [2.75, 3.05) is 19.8 Å². The number of hydrogen-bond acceptors (Lipinski definition) is 4. The van der Waals surface area contributed by atoms with E-state index in [4.69, 9.17) is 14.2 Å². The topological polar surface area (TPSA) is 56.8 Å². The number of amides is 1. The van der Waals surface area contributed by atoms with Crippen LogP contribution in [0.2, 0.25) is 0 Å². The maximum atomic E-state index is 12.2. The molecule has 0 aromatic heterocycles. The molecule has 1 N–H and O–H groups in total. The van der Waals surface area contributed by atoms with E-state index in [0.29, 0.717) is 36.8 Å². The zero-order valence-corrected chi connectivity index (χ0v) is 13.0. The fourth-order valence-corrected chi connectivity index (χ4v) is 2.37. The van der Waals surface area contributed by atoms with Gasteiger partial charge < -0.3 is 19.5 Å². The Morgan fingerprint density at radius 2 is 2.04 bits per heavy atom. The van der Waals surface area contributed by atoms with Crippen molar-refractivity contribution >= 4 is 5.91 Å². The smallest absolute Gasteiger partial charge is 0.251 e. The summed E-state index contributed by atoms with van der Waals surface area (Å²) < 4.78 is 16.9. The van der Waals surface area contributed by atoms with Crippen LogP contribution in [-0.2, 0) is 0 Å². The summed E-state index contributed by atoms with van der Waals surface area (Å²) in [5.74, 6) is 1.97. The molecule has 5 heteroatoms. The molecule has 0 radical (unpaired) electrons. The Kier molecular flexibility index (Phi) is 4.66. The highest BCUT2D eigenvalue weighted by Crippen LogP contribution is 2.30. The van der Waals surface area contributed by atoms with Gasteiger partial charge in [0.2, 0.25) is 0 Å². The van der Waals surface area contributed by atoms with Gasteiger partial charge >= 0.3 is 0 Å². The minimum absolute atomic E-state index is 0.158. The average Bonchev–Trinajstić information content (AvgIpc) is 2.60. The number of carbonyl (C=O) groups is 1. The monoisotopic (exact) mass is 313 g/mol. The van der Waals surface area contributed by atoms with E-state index in [1.165, 1.54) is 0 Å². The molecular weight excluding hydrogens is 294 g/mol. The molecule has 0 fully saturated rings. The normalized spacial score (nSPS) is 15.8. The molecule has 1 atom stereocenters. The predicted molar refractivity (Wildman–Crippen MR) is 86.3 cm³/mol. The summed E-state index contributed by atoms with van der Waals surface area (Å²) in [6.07, 6.45) is -0.205. The summed E-state index contributed by atoms with van der Waals surface area (Å²) in [5, 5.41) is 2.87. The molecule has 1 aliphatic rings. The predicted octanol–water partition coefficient (Wildman–Crippen LogP) is 2.66. The first-order chi connectivity index (χ1) is 11.3. The SMILES string of the molecule is CCOc1cccc(C(=O)NCC2COc3ccccc3O2)c1. The van der Waals surface area contributed by atoms with Gasteiger partial charge in [0.25, 0.3) is 5.91 Å². The molecule has 0 saturated heterocycles. The number of hydrogen-bond donors (Lipinski definition) is 1. The van der Waals surface area contributed by atoms with Gasteiger partial charge in [-0.25, -0.2) is 0 Å². The van der Waals surface area contributed by atoms with Crippen molar-refractivity contribution in [2.24, 2.45) is 0 Å². The van der Waals surface area contributed by atoms with Crippen molar-refractivity contribution in [2.45, 2.75) is 13.0 Å². The van der Waals surface area contributed by atoms with Crippen LogP contribution in [0.25, 0.3) is 0 Å². The van der Waals surface area contributed by atoms with Crippen LogP contribution in [0, 0.1) is 0 Å². The number of carbonyl (C=O) groups excluding carboxylic acids is 1. The molecule has 2 aromatic rings. The lowest BCUT2D eigenvalue weighted by Crippen LogP contribution is -2.40. The number of benzene rings is 2. The molecule has 1 amide bonds. The van der Waals surface area contributed by atoms with Gasteiger partial charge in [-0.05, 0) is 37.3 Å². The maximum absolute atomic E-state index is 12.2. The summed E-state index contributed by atoms with van der Waals surface area (Å²) in [6, 6.07) is 14.6.